The molecule has 0 saturated carbocycles. The third kappa shape index (κ3) is 3.58. The number of phenolic OH excluding ortho intramolecular Hbond substituents is 1. The third-order valence-corrected chi connectivity index (χ3v) is 4.16. The van der Waals surface area contributed by atoms with Crippen LogP contribution in [-0.2, 0) is 19.6 Å². The third-order valence-electron chi connectivity index (χ3n) is 3.27. The number of phenols is 1. The predicted octanol–water partition coefficient (Wildman–Crippen LogP) is -2.09. The molecule has 134 valence electrons. The molecule has 11 nitrogen and oxygen atoms in total. The van der Waals surface area contributed by atoms with Crippen molar-refractivity contribution in [1.29, 1.82) is 0 Å². The summed E-state index contributed by atoms with van der Waals surface area (Å²) in [7, 11) is -4.77. The average Bonchev–Trinajstić information content (AvgIpc) is 2.48. The molecular formula is C12H14O11S. The van der Waals surface area contributed by atoms with E-state index in [1.807, 2.05) is 0 Å². The van der Waals surface area contributed by atoms with Crippen LogP contribution in [0.3, 0.4) is 0 Å². The summed E-state index contributed by atoms with van der Waals surface area (Å²) in [4.78, 5) is 10.1. The van der Waals surface area contributed by atoms with Crippen molar-refractivity contribution in [2.24, 2.45) is 0 Å². The smallest absolute Gasteiger partial charge is 0.335 e. The lowest BCUT2D eigenvalue weighted by molar-refractivity contribution is -0.271. The van der Waals surface area contributed by atoms with E-state index in [2.05, 4.69) is 0 Å². The SMILES string of the molecule is O=C(O)C1OC(Oc2ccc(O)c(S(=O)(=O)O)c2)C(O)C(O)C1O. The topological polar surface area (TPSA) is 191 Å². The zero-order valence-electron chi connectivity index (χ0n) is 11.8. The number of hydrogen-bond acceptors (Lipinski definition) is 9. The van der Waals surface area contributed by atoms with Gasteiger partial charge in [-0.2, -0.15) is 8.42 Å². The molecule has 1 fully saturated rings. The largest absolute Gasteiger partial charge is 0.506 e. The summed E-state index contributed by atoms with van der Waals surface area (Å²) >= 11 is 0. The summed E-state index contributed by atoms with van der Waals surface area (Å²) in [6.45, 7) is 0. The molecule has 0 aliphatic carbocycles. The van der Waals surface area contributed by atoms with E-state index in [0.717, 1.165) is 12.1 Å². The van der Waals surface area contributed by atoms with Gasteiger partial charge < -0.3 is 35.0 Å². The maximum absolute atomic E-state index is 11.1. The molecule has 1 heterocycles. The maximum Gasteiger partial charge on any atom is 0.335 e. The standard InChI is InChI=1S/C12H14O11S/c13-5-2-1-4(3-6(5)24(19,20)21)22-12-9(16)7(14)8(15)10(23-12)11(17)18/h1-3,7-10,12-16H,(H,17,18)(H,19,20,21). The Morgan fingerprint density at radius 1 is 1.12 bits per heavy atom. The molecule has 0 bridgehead atoms. The highest BCUT2D eigenvalue weighted by Gasteiger charge is 2.48. The number of hydrogen-bond donors (Lipinski definition) is 6. The highest BCUT2D eigenvalue weighted by molar-refractivity contribution is 7.86. The molecule has 1 aromatic carbocycles. The Morgan fingerprint density at radius 2 is 1.75 bits per heavy atom. The van der Waals surface area contributed by atoms with Crippen molar-refractivity contribution in [2.75, 3.05) is 0 Å². The number of ether oxygens (including phenoxy) is 2. The van der Waals surface area contributed by atoms with E-state index in [1.165, 1.54) is 0 Å². The van der Waals surface area contributed by atoms with Crippen molar-refractivity contribution in [2.45, 2.75) is 35.6 Å². The highest BCUT2D eigenvalue weighted by Crippen LogP contribution is 2.30. The van der Waals surface area contributed by atoms with E-state index in [4.69, 9.17) is 19.1 Å². The summed E-state index contributed by atoms with van der Waals surface area (Å²) < 4.78 is 41.1. The molecule has 1 aromatic rings. The molecule has 1 saturated heterocycles. The Labute approximate surface area is 135 Å². The number of aliphatic hydroxyl groups is 3. The van der Waals surface area contributed by atoms with E-state index in [1.54, 1.807) is 0 Å². The molecule has 0 amide bonds. The average molecular weight is 366 g/mol. The summed E-state index contributed by atoms with van der Waals surface area (Å²) in [5, 5.41) is 47.3. The van der Waals surface area contributed by atoms with Crippen molar-refractivity contribution in [1.82, 2.24) is 0 Å². The number of carbonyl (C=O) groups is 1. The molecule has 1 aliphatic rings. The molecule has 0 radical (unpaired) electrons. The van der Waals surface area contributed by atoms with Gasteiger partial charge in [0, 0.05) is 6.07 Å². The van der Waals surface area contributed by atoms with Gasteiger partial charge >= 0.3 is 5.97 Å². The fourth-order valence-corrected chi connectivity index (χ4v) is 2.66. The number of aromatic hydroxyl groups is 1. The van der Waals surface area contributed by atoms with Gasteiger partial charge in [0.25, 0.3) is 10.1 Å². The van der Waals surface area contributed by atoms with Crippen LogP contribution in [0.25, 0.3) is 0 Å². The van der Waals surface area contributed by atoms with Crippen LogP contribution in [0.1, 0.15) is 0 Å². The van der Waals surface area contributed by atoms with E-state index in [9.17, 15) is 33.6 Å². The predicted molar refractivity (Wildman–Crippen MR) is 72.9 cm³/mol. The summed E-state index contributed by atoms with van der Waals surface area (Å²) in [5.41, 5.74) is 0. The van der Waals surface area contributed by atoms with Crippen LogP contribution in [0.15, 0.2) is 23.1 Å². The normalized spacial score (nSPS) is 30.8. The van der Waals surface area contributed by atoms with E-state index in [-0.39, 0.29) is 5.75 Å². The van der Waals surface area contributed by atoms with Gasteiger partial charge in [-0.25, -0.2) is 4.79 Å². The first kappa shape index (κ1) is 18.4. The van der Waals surface area contributed by atoms with Crippen molar-refractivity contribution in [3.63, 3.8) is 0 Å². The molecule has 2 rings (SSSR count). The molecule has 24 heavy (non-hydrogen) atoms. The maximum atomic E-state index is 11.1. The van der Waals surface area contributed by atoms with Crippen LogP contribution in [0, 0.1) is 0 Å². The molecular weight excluding hydrogens is 352 g/mol. The van der Waals surface area contributed by atoms with Gasteiger partial charge in [-0.05, 0) is 12.1 Å². The van der Waals surface area contributed by atoms with Gasteiger partial charge in [0.2, 0.25) is 6.29 Å². The van der Waals surface area contributed by atoms with E-state index in [0.29, 0.717) is 6.07 Å². The molecule has 1 aliphatic heterocycles. The van der Waals surface area contributed by atoms with E-state index >= 15 is 0 Å². The second-order valence-electron chi connectivity index (χ2n) is 4.96. The Bertz CT molecular complexity index is 731. The van der Waals surface area contributed by atoms with Crippen LogP contribution in [-0.4, -0.2) is 75.2 Å². The van der Waals surface area contributed by atoms with Crippen LogP contribution in [0.5, 0.6) is 11.5 Å². The van der Waals surface area contributed by atoms with Crippen molar-refractivity contribution in [3.05, 3.63) is 18.2 Å². The van der Waals surface area contributed by atoms with Crippen molar-refractivity contribution >= 4 is 16.1 Å². The van der Waals surface area contributed by atoms with Gasteiger partial charge in [0.15, 0.2) is 6.10 Å². The number of aliphatic carboxylic acids is 1. The minimum Gasteiger partial charge on any atom is -0.506 e. The summed E-state index contributed by atoms with van der Waals surface area (Å²) in [6.07, 6.45) is -9.32. The van der Waals surface area contributed by atoms with Gasteiger partial charge in [-0.3, -0.25) is 4.55 Å². The number of aliphatic hydroxyl groups excluding tert-OH is 3. The second-order valence-corrected chi connectivity index (χ2v) is 6.35. The Morgan fingerprint density at radius 3 is 2.29 bits per heavy atom. The molecule has 0 spiro atoms. The number of benzene rings is 1. The van der Waals surface area contributed by atoms with Crippen molar-refractivity contribution < 1.29 is 52.8 Å². The molecule has 6 N–H and O–H groups in total. The first-order valence-electron chi connectivity index (χ1n) is 6.42. The highest BCUT2D eigenvalue weighted by atomic mass is 32.2. The molecule has 5 atom stereocenters. The summed E-state index contributed by atoms with van der Waals surface area (Å²) in [6, 6.07) is 2.62. The first-order valence-corrected chi connectivity index (χ1v) is 7.86. The second kappa shape index (κ2) is 6.51. The van der Waals surface area contributed by atoms with Crippen LogP contribution >= 0.6 is 0 Å². The zero-order chi connectivity index (χ0) is 18.2. The van der Waals surface area contributed by atoms with Gasteiger partial charge in [0.05, 0.1) is 0 Å². The zero-order valence-corrected chi connectivity index (χ0v) is 12.6. The number of carboxylic acids is 1. The lowest BCUT2D eigenvalue weighted by Gasteiger charge is -2.38. The fourth-order valence-electron chi connectivity index (χ4n) is 2.06. The first-order chi connectivity index (χ1) is 11.0. The van der Waals surface area contributed by atoms with Crippen LogP contribution in [0.2, 0.25) is 0 Å². The van der Waals surface area contributed by atoms with Crippen LogP contribution < -0.4 is 4.74 Å². The fraction of sp³-hybridized carbons (Fsp3) is 0.417. The van der Waals surface area contributed by atoms with Gasteiger partial charge in [0.1, 0.15) is 34.7 Å². The van der Waals surface area contributed by atoms with E-state index < -0.39 is 57.4 Å². The lowest BCUT2D eigenvalue weighted by Crippen LogP contribution is -2.61. The monoisotopic (exact) mass is 366 g/mol. The quantitative estimate of drug-likeness (QED) is 0.320. The Kier molecular flexibility index (Phi) is 4.98. The van der Waals surface area contributed by atoms with Crippen LogP contribution in [0.4, 0.5) is 0 Å². The summed E-state index contributed by atoms with van der Waals surface area (Å²) in [5.74, 6) is -2.71. The Hall–Kier alpha value is -1.96. The molecule has 5 unspecified atom stereocenters. The minimum atomic E-state index is -4.77. The van der Waals surface area contributed by atoms with Crippen molar-refractivity contribution in [3.8, 4) is 11.5 Å². The molecule has 12 heteroatoms. The molecule has 0 aromatic heterocycles. The minimum absolute atomic E-state index is 0.322. The van der Waals surface area contributed by atoms with Gasteiger partial charge in [-0.15, -0.1) is 0 Å². The number of rotatable bonds is 4. The van der Waals surface area contributed by atoms with Gasteiger partial charge in [-0.1, -0.05) is 0 Å². The number of carboxylic acid groups (broad SMARTS) is 1. The lowest BCUT2D eigenvalue weighted by atomic mass is 9.99. The Balaban J connectivity index is 2.28.